The Balaban J connectivity index is 1.36. The fourth-order valence-corrected chi connectivity index (χ4v) is 4.03. The van der Waals surface area contributed by atoms with E-state index in [4.69, 9.17) is 9.47 Å². The molecule has 2 aromatic carbocycles. The van der Waals surface area contributed by atoms with Gasteiger partial charge in [-0.1, -0.05) is 24.6 Å². The van der Waals surface area contributed by atoms with Crippen LogP contribution in [0, 0.1) is 0 Å². The van der Waals surface area contributed by atoms with E-state index < -0.39 is 6.09 Å². The van der Waals surface area contributed by atoms with Crippen LogP contribution in [0.4, 0.5) is 27.9 Å². The van der Waals surface area contributed by atoms with E-state index in [-0.39, 0.29) is 11.9 Å². The minimum atomic E-state index is -1.13. The van der Waals surface area contributed by atoms with Crippen LogP contribution in [0.3, 0.4) is 0 Å². The fraction of sp³-hybridized carbons (Fsp3) is 0.346. The van der Waals surface area contributed by atoms with Gasteiger partial charge in [0.2, 0.25) is 5.95 Å². The van der Waals surface area contributed by atoms with E-state index in [1.165, 1.54) is 25.5 Å². The van der Waals surface area contributed by atoms with Crippen molar-refractivity contribution in [2.75, 3.05) is 43.6 Å². The molecule has 0 radical (unpaired) electrons. The van der Waals surface area contributed by atoms with Crippen molar-refractivity contribution in [1.82, 2.24) is 14.9 Å². The standard InChI is InChI=1S/C26H31N5O4/c1-34-23(18-30-16-6-3-7-17-30)19-35-22-12-10-20(11-13-22)28-25-27-15-14-24(29-25)31(26(32)33)21-8-4-2-5-9-21/h2,4-5,8-15,23H,3,6-7,16-19H2,1H3,(H,32,33)(H,27,28,29). The lowest BCUT2D eigenvalue weighted by atomic mass is 10.1. The maximum absolute atomic E-state index is 11.9. The number of nitrogens with zero attached hydrogens (tertiary/aromatic N) is 4. The summed E-state index contributed by atoms with van der Waals surface area (Å²) < 4.78 is 11.6. The number of methoxy groups -OCH3 is 1. The molecule has 2 heterocycles. The van der Waals surface area contributed by atoms with Crippen molar-refractivity contribution in [2.45, 2.75) is 25.4 Å². The molecule has 1 amide bonds. The lowest BCUT2D eigenvalue weighted by molar-refractivity contribution is 0.0251. The first-order chi connectivity index (χ1) is 17.1. The molecule has 1 aromatic heterocycles. The SMILES string of the molecule is COC(COc1ccc(Nc2nccc(N(C(=O)O)c3ccccc3)n2)cc1)CN1CCCCC1. The number of carbonyl (C=O) groups is 1. The molecule has 0 bridgehead atoms. The van der Waals surface area contributed by atoms with Crippen LogP contribution in [0.5, 0.6) is 5.75 Å². The van der Waals surface area contributed by atoms with Crippen molar-refractivity contribution >= 4 is 29.2 Å². The van der Waals surface area contributed by atoms with Crippen LogP contribution in [-0.2, 0) is 4.74 Å². The zero-order valence-corrected chi connectivity index (χ0v) is 19.8. The summed E-state index contributed by atoms with van der Waals surface area (Å²) in [5, 5.41) is 12.8. The molecule has 1 aliphatic heterocycles. The van der Waals surface area contributed by atoms with Crippen molar-refractivity contribution in [1.29, 1.82) is 0 Å². The van der Waals surface area contributed by atoms with Crippen LogP contribution >= 0.6 is 0 Å². The lowest BCUT2D eigenvalue weighted by Gasteiger charge is -2.29. The van der Waals surface area contributed by atoms with E-state index in [0.29, 0.717) is 18.2 Å². The van der Waals surface area contributed by atoms with Crippen molar-refractivity contribution in [2.24, 2.45) is 0 Å². The number of carboxylic acid groups (broad SMARTS) is 1. The molecule has 1 unspecified atom stereocenters. The first-order valence-corrected chi connectivity index (χ1v) is 11.8. The number of ether oxygens (including phenoxy) is 2. The first kappa shape index (κ1) is 24.4. The number of amides is 1. The Hall–Kier alpha value is -3.69. The van der Waals surface area contributed by atoms with Gasteiger partial charge in [-0.15, -0.1) is 0 Å². The van der Waals surface area contributed by atoms with Crippen LogP contribution in [0.25, 0.3) is 0 Å². The second-order valence-electron chi connectivity index (χ2n) is 8.37. The van der Waals surface area contributed by atoms with E-state index >= 15 is 0 Å². The molecule has 0 saturated carbocycles. The average Bonchev–Trinajstić information content (AvgIpc) is 2.89. The summed E-state index contributed by atoms with van der Waals surface area (Å²) in [6.07, 6.45) is 4.22. The number of hydrogen-bond acceptors (Lipinski definition) is 7. The van der Waals surface area contributed by atoms with Crippen LogP contribution in [0.1, 0.15) is 19.3 Å². The molecule has 1 atom stereocenters. The summed E-state index contributed by atoms with van der Waals surface area (Å²) >= 11 is 0. The topological polar surface area (TPSA) is 100 Å². The van der Waals surface area contributed by atoms with Gasteiger partial charge in [-0.05, 0) is 62.3 Å². The Morgan fingerprint density at radius 3 is 2.51 bits per heavy atom. The van der Waals surface area contributed by atoms with Crippen LogP contribution in [0.2, 0.25) is 0 Å². The number of para-hydroxylation sites is 1. The quantitative estimate of drug-likeness (QED) is 0.425. The van der Waals surface area contributed by atoms with Crippen molar-refractivity contribution < 1.29 is 19.4 Å². The number of nitrogens with one attached hydrogen (secondary N) is 1. The van der Waals surface area contributed by atoms with Crippen LogP contribution in [0.15, 0.2) is 66.9 Å². The predicted molar refractivity (Wildman–Crippen MR) is 135 cm³/mol. The van der Waals surface area contributed by atoms with Gasteiger partial charge in [0.15, 0.2) is 0 Å². The van der Waals surface area contributed by atoms with Gasteiger partial charge < -0.3 is 24.8 Å². The third-order valence-electron chi connectivity index (χ3n) is 5.87. The van der Waals surface area contributed by atoms with Gasteiger partial charge in [-0.25, -0.2) is 14.7 Å². The smallest absolute Gasteiger partial charge is 0.417 e. The van der Waals surface area contributed by atoms with E-state index in [9.17, 15) is 9.90 Å². The molecule has 1 saturated heterocycles. The maximum Gasteiger partial charge on any atom is 0.417 e. The number of likely N-dealkylation sites (tertiary alicyclic amines) is 1. The summed E-state index contributed by atoms with van der Waals surface area (Å²) in [4.78, 5) is 24.0. The molecule has 3 aromatic rings. The summed E-state index contributed by atoms with van der Waals surface area (Å²) in [5.41, 5.74) is 1.26. The number of piperidine rings is 1. The molecule has 184 valence electrons. The van der Waals surface area contributed by atoms with Gasteiger partial charge in [0.05, 0.1) is 5.69 Å². The Morgan fingerprint density at radius 1 is 1.09 bits per heavy atom. The fourth-order valence-electron chi connectivity index (χ4n) is 4.03. The third kappa shape index (κ3) is 6.91. The van der Waals surface area contributed by atoms with E-state index in [1.54, 1.807) is 37.4 Å². The van der Waals surface area contributed by atoms with Gasteiger partial charge in [0.1, 0.15) is 24.3 Å². The number of aromatic nitrogens is 2. The summed E-state index contributed by atoms with van der Waals surface area (Å²) in [7, 11) is 1.72. The highest BCUT2D eigenvalue weighted by Gasteiger charge is 2.19. The Labute approximate surface area is 205 Å². The van der Waals surface area contributed by atoms with Gasteiger partial charge >= 0.3 is 6.09 Å². The Morgan fingerprint density at radius 2 is 1.83 bits per heavy atom. The maximum atomic E-state index is 11.9. The highest BCUT2D eigenvalue weighted by molar-refractivity contribution is 5.93. The van der Waals surface area contributed by atoms with Gasteiger partial charge in [0, 0.05) is 31.6 Å². The molecular weight excluding hydrogens is 446 g/mol. The molecule has 0 aliphatic carbocycles. The Kier molecular flexibility index (Phi) is 8.48. The zero-order chi connectivity index (χ0) is 24.5. The highest BCUT2D eigenvalue weighted by atomic mass is 16.5. The monoisotopic (exact) mass is 477 g/mol. The lowest BCUT2D eigenvalue weighted by Crippen LogP contribution is -2.39. The van der Waals surface area contributed by atoms with Crippen molar-refractivity contribution in [3.63, 3.8) is 0 Å². The van der Waals surface area contributed by atoms with Gasteiger partial charge in [-0.3, -0.25) is 0 Å². The molecule has 1 aliphatic rings. The predicted octanol–water partition coefficient (Wildman–Crippen LogP) is 4.92. The second-order valence-corrected chi connectivity index (χ2v) is 8.37. The highest BCUT2D eigenvalue weighted by Crippen LogP contribution is 2.25. The molecule has 1 fully saturated rings. The normalized spacial score (nSPS) is 14.8. The average molecular weight is 478 g/mol. The molecule has 4 rings (SSSR count). The molecule has 0 spiro atoms. The summed E-state index contributed by atoms with van der Waals surface area (Å²) in [5.74, 6) is 1.28. The number of benzene rings is 2. The van der Waals surface area contributed by atoms with Gasteiger partial charge in [-0.2, -0.15) is 4.98 Å². The van der Waals surface area contributed by atoms with E-state index in [0.717, 1.165) is 36.0 Å². The third-order valence-corrected chi connectivity index (χ3v) is 5.87. The first-order valence-electron chi connectivity index (χ1n) is 11.8. The molecule has 9 nitrogen and oxygen atoms in total. The van der Waals surface area contributed by atoms with Gasteiger partial charge in [0.25, 0.3) is 0 Å². The minimum absolute atomic E-state index is 0.0174. The second kappa shape index (κ2) is 12.1. The molecular formula is C26H31N5O4. The van der Waals surface area contributed by atoms with Crippen LogP contribution < -0.4 is 15.0 Å². The minimum Gasteiger partial charge on any atom is -0.491 e. The summed E-state index contributed by atoms with van der Waals surface area (Å²) in [6, 6.07) is 17.8. The van der Waals surface area contributed by atoms with Crippen molar-refractivity contribution in [3.8, 4) is 5.75 Å². The molecule has 2 N–H and O–H groups in total. The number of rotatable bonds is 10. The zero-order valence-electron chi connectivity index (χ0n) is 19.8. The van der Waals surface area contributed by atoms with E-state index in [2.05, 4.69) is 20.2 Å². The van der Waals surface area contributed by atoms with E-state index in [1.807, 2.05) is 30.3 Å². The van der Waals surface area contributed by atoms with Crippen molar-refractivity contribution in [3.05, 3.63) is 66.9 Å². The number of anilines is 4. The summed E-state index contributed by atoms with van der Waals surface area (Å²) in [6.45, 7) is 3.60. The molecule has 9 heteroatoms. The largest absolute Gasteiger partial charge is 0.491 e. The number of hydrogen-bond donors (Lipinski definition) is 2. The molecule has 35 heavy (non-hydrogen) atoms. The Bertz CT molecular complexity index is 1070. The van der Waals surface area contributed by atoms with Crippen LogP contribution in [-0.4, -0.2) is 65.5 Å².